The Balaban J connectivity index is 1.13. The molecule has 3 aromatic carbocycles. The number of benzene rings is 3. The minimum absolute atomic E-state index is 0.338. The van der Waals surface area contributed by atoms with Crippen molar-refractivity contribution in [1.29, 1.82) is 0 Å². The molecule has 48 heavy (non-hydrogen) atoms. The molecule has 2 unspecified atom stereocenters. The normalized spacial score (nSPS) is 20.6. The van der Waals surface area contributed by atoms with Crippen molar-refractivity contribution in [2.45, 2.75) is 51.9 Å². The van der Waals surface area contributed by atoms with Gasteiger partial charge in [-0.05, 0) is 128 Å². The number of aromatic nitrogens is 1. The molecule has 2 atom stereocenters. The maximum absolute atomic E-state index is 4.94. The van der Waals surface area contributed by atoms with E-state index >= 15 is 0 Å². The molecule has 9 rings (SSSR count). The molecule has 0 saturated heterocycles. The lowest BCUT2D eigenvalue weighted by Crippen LogP contribution is -2.43. The highest BCUT2D eigenvalue weighted by Crippen LogP contribution is 2.44. The Morgan fingerprint density at radius 1 is 0.688 bits per heavy atom. The van der Waals surface area contributed by atoms with Crippen LogP contribution in [0, 0.1) is 11.8 Å². The van der Waals surface area contributed by atoms with Crippen LogP contribution in [0.1, 0.15) is 61.3 Å². The second-order valence-electron chi connectivity index (χ2n) is 13.8. The van der Waals surface area contributed by atoms with Crippen molar-refractivity contribution >= 4 is 34.4 Å². The van der Waals surface area contributed by atoms with Gasteiger partial charge in [0.1, 0.15) is 0 Å². The van der Waals surface area contributed by atoms with Gasteiger partial charge in [-0.1, -0.05) is 122 Å². The zero-order valence-electron chi connectivity index (χ0n) is 27.8. The number of rotatable bonds is 5. The third-order valence-electron chi connectivity index (χ3n) is 11.2. The fraction of sp³-hybridized carbons (Fsp3) is 0.213. The second kappa shape index (κ2) is 12.2. The van der Waals surface area contributed by atoms with Gasteiger partial charge in [-0.25, -0.2) is 0 Å². The van der Waals surface area contributed by atoms with Gasteiger partial charge in [0.05, 0.1) is 5.69 Å². The molecule has 0 saturated carbocycles. The van der Waals surface area contributed by atoms with Crippen LogP contribution in [0.25, 0.3) is 45.7 Å². The number of hydrogen-bond donors (Lipinski definition) is 0. The van der Waals surface area contributed by atoms with Gasteiger partial charge in [0.2, 0.25) is 0 Å². The summed E-state index contributed by atoms with van der Waals surface area (Å²) < 4.78 is 0. The van der Waals surface area contributed by atoms with Crippen LogP contribution < -0.4 is 20.9 Å². The summed E-state index contributed by atoms with van der Waals surface area (Å²) in [5, 5.41) is 5.75. The third-order valence-corrected chi connectivity index (χ3v) is 11.2. The minimum atomic E-state index is 0.338. The molecule has 0 radical (unpaired) electrons. The largest absolute Gasteiger partial charge is 0.256 e. The predicted molar refractivity (Wildman–Crippen MR) is 202 cm³/mol. The SMILES string of the molecule is CCc1cccc2c1=CCCC=2C1=c2ccccc2=C(C2=CC=C(c3ccc(-c4ccc5c(c4)CCC=C5)nc3)CC2)C2C=CC=CC12. The summed E-state index contributed by atoms with van der Waals surface area (Å²) in [6, 6.07) is 27.4. The average molecular weight is 620 g/mol. The van der Waals surface area contributed by atoms with Crippen LogP contribution in [-0.2, 0) is 12.8 Å². The van der Waals surface area contributed by atoms with Gasteiger partial charge < -0.3 is 0 Å². The zero-order valence-corrected chi connectivity index (χ0v) is 27.8. The van der Waals surface area contributed by atoms with E-state index in [-0.39, 0.29) is 0 Å². The number of fused-ring (bicyclic) bond motifs is 4. The van der Waals surface area contributed by atoms with Crippen LogP contribution in [0.3, 0.4) is 0 Å². The van der Waals surface area contributed by atoms with Crippen LogP contribution in [0.2, 0.25) is 0 Å². The fourth-order valence-electron chi connectivity index (χ4n) is 8.87. The number of pyridine rings is 1. The van der Waals surface area contributed by atoms with Crippen molar-refractivity contribution < 1.29 is 0 Å². The first-order valence-corrected chi connectivity index (χ1v) is 17.9. The van der Waals surface area contributed by atoms with Crippen molar-refractivity contribution in [2.24, 2.45) is 11.8 Å². The Labute approximate surface area is 283 Å². The van der Waals surface area contributed by atoms with Gasteiger partial charge >= 0.3 is 0 Å². The van der Waals surface area contributed by atoms with Gasteiger partial charge in [-0.3, -0.25) is 4.98 Å². The molecular formula is C47H41N. The van der Waals surface area contributed by atoms with E-state index < -0.39 is 0 Å². The Bertz CT molecular complexity index is 2370. The monoisotopic (exact) mass is 619 g/mol. The number of allylic oxidation sites excluding steroid dienone is 9. The van der Waals surface area contributed by atoms with Crippen LogP contribution in [0.15, 0.2) is 127 Å². The lowest BCUT2D eigenvalue weighted by atomic mass is 9.68. The molecule has 5 aliphatic carbocycles. The van der Waals surface area contributed by atoms with Crippen LogP contribution in [-0.4, -0.2) is 4.98 Å². The van der Waals surface area contributed by atoms with Crippen molar-refractivity contribution in [3.05, 3.63) is 170 Å². The summed E-state index contributed by atoms with van der Waals surface area (Å²) in [7, 11) is 0. The summed E-state index contributed by atoms with van der Waals surface area (Å²) in [6.07, 6.45) is 30.9. The highest BCUT2D eigenvalue weighted by atomic mass is 14.7. The molecule has 1 heterocycles. The third kappa shape index (κ3) is 4.96. The summed E-state index contributed by atoms with van der Waals surface area (Å²) >= 11 is 0. The molecule has 0 aliphatic heterocycles. The van der Waals surface area contributed by atoms with Crippen molar-refractivity contribution in [3.63, 3.8) is 0 Å². The highest BCUT2D eigenvalue weighted by molar-refractivity contribution is 5.94. The summed E-state index contributed by atoms with van der Waals surface area (Å²) in [4.78, 5) is 4.94. The molecule has 0 N–H and O–H groups in total. The summed E-state index contributed by atoms with van der Waals surface area (Å²) in [5.41, 5.74) is 15.2. The quantitative estimate of drug-likeness (QED) is 0.220. The molecule has 1 nitrogen and oxygen atoms in total. The number of nitrogens with zero attached hydrogens (tertiary/aromatic N) is 1. The number of hydrogen-bond acceptors (Lipinski definition) is 1. The standard InChI is InChI=1S/C47H41N/c1-2-31-13-9-19-39-38(31)18-10-20-40(39)47-43-16-7-5-14-41(43)46(42-15-6-8-17-44(42)47)34-24-21-33(22-25-34)37-27-28-45(48-30-37)36-26-23-32-11-3-4-12-35(32)29-36/h3,5-9,11,13-19,21,23-24,26-30,41,43H,2,4,10,12,20,22,25H2,1H3. The fourth-order valence-corrected chi connectivity index (χ4v) is 8.87. The van der Waals surface area contributed by atoms with E-state index in [0.717, 1.165) is 50.6 Å². The van der Waals surface area contributed by atoms with Crippen LogP contribution >= 0.6 is 0 Å². The average Bonchev–Trinajstić information content (AvgIpc) is 3.16. The molecular weight excluding hydrogens is 579 g/mol. The van der Waals surface area contributed by atoms with Gasteiger partial charge in [-0.2, -0.15) is 0 Å². The molecule has 1 heteroatoms. The summed E-state index contributed by atoms with van der Waals surface area (Å²) in [5.74, 6) is 0.680. The van der Waals surface area contributed by atoms with Gasteiger partial charge in [0, 0.05) is 23.6 Å². The first-order chi connectivity index (χ1) is 23.8. The van der Waals surface area contributed by atoms with E-state index in [0.29, 0.717) is 11.8 Å². The van der Waals surface area contributed by atoms with Gasteiger partial charge in [-0.15, -0.1) is 0 Å². The van der Waals surface area contributed by atoms with Crippen molar-refractivity contribution in [2.75, 3.05) is 0 Å². The molecule has 0 fully saturated rings. The Morgan fingerprint density at radius 3 is 2.25 bits per heavy atom. The predicted octanol–water partition coefficient (Wildman–Crippen LogP) is 8.17. The minimum Gasteiger partial charge on any atom is -0.256 e. The lowest BCUT2D eigenvalue weighted by molar-refractivity contribution is 0.681. The van der Waals surface area contributed by atoms with Crippen molar-refractivity contribution in [3.8, 4) is 11.3 Å². The molecule has 234 valence electrons. The van der Waals surface area contributed by atoms with E-state index in [4.69, 9.17) is 4.98 Å². The van der Waals surface area contributed by atoms with E-state index in [1.807, 2.05) is 0 Å². The molecule has 0 spiro atoms. The van der Waals surface area contributed by atoms with Gasteiger partial charge in [0.15, 0.2) is 0 Å². The Morgan fingerprint density at radius 2 is 1.46 bits per heavy atom. The second-order valence-corrected chi connectivity index (χ2v) is 13.8. The van der Waals surface area contributed by atoms with E-state index in [2.05, 4.69) is 141 Å². The van der Waals surface area contributed by atoms with E-state index in [1.54, 1.807) is 5.57 Å². The smallest absolute Gasteiger partial charge is 0.0702 e. The summed E-state index contributed by atoms with van der Waals surface area (Å²) in [6.45, 7) is 2.28. The Hall–Kier alpha value is -5.01. The lowest BCUT2D eigenvalue weighted by Gasteiger charge is -2.36. The van der Waals surface area contributed by atoms with Crippen molar-refractivity contribution in [1.82, 2.24) is 4.98 Å². The first kappa shape index (κ1) is 29.2. The van der Waals surface area contributed by atoms with Crippen LogP contribution in [0.5, 0.6) is 0 Å². The van der Waals surface area contributed by atoms with Gasteiger partial charge in [0.25, 0.3) is 0 Å². The van der Waals surface area contributed by atoms with E-state index in [9.17, 15) is 0 Å². The molecule has 0 amide bonds. The Kier molecular flexibility index (Phi) is 7.42. The molecule has 4 aromatic rings. The van der Waals surface area contributed by atoms with E-state index in [1.165, 1.54) is 71.0 Å². The first-order valence-electron chi connectivity index (χ1n) is 17.9. The zero-order chi connectivity index (χ0) is 32.0. The molecule has 1 aromatic heterocycles. The molecule has 0 bridgehead atoms. The topological polar surface area (TPSA) is 12.9 Å². The highest BCUT2D eigenvalue weighted by Gasteiger charge is 2.34. The van der Waals surface area contributed by atoms with Crippen LogP contribution in [0.4, 0.5) is 0 Å². The molecule has 5 aliphatic rings. The number of aryl methyl sites for hydroxylation is 2. The maximum atomic E-state index is 4.94. The maximum Gasteiger partial charge on any atom is 0.0702 e.